The number of fused-ring (bicyclic) bond motifs is 1. The van der Waals surface area contributed by atoms with Crippen LogP contribution in [0.3, 0.4) is 0 Å². The molecule has 7 heteroatoms. The van der Waals surface area contributed by atoms with Crippen LogP contribution in [-0.4, -0.2) is 19.8 Å². The van der Waals surface area contributed by atoms with Crippen LogP contribution in [0.25, 0.3) is 15.5 Å². The number of hydrogen-bond donors (Lipinski definition) is 0. The molecule has 0 atom stereocenters. The lowest BCUT2D eigenvalue weighted by atomic mass is 10.1. The molecule has 0 aliphatic carbocycles. The Morgan fingerprint density at radius 1 is 0.957 bits per heavy atom. The van der Waals surface area contributed by atoms with E-state index in [4.69, 9.17) is 23.2 Å². The highest BCUT2D eigenvalue weighted by atomic mass is 35.5. The van der Waals surface area contributed by atoms with E-state index in [0.29, 0.717) is 11.4 Å². The van der Waals surface area contributed by atoms with Crippen molar-refractivity contribution in [3.05, 3.63) is 70.0 Å². The number of hydrogen-bond acceptors (Lipinski definition) is 4. The predicted molar refractivity (Wildman–Crippen MR) is 93.4 cm³/mol. The van der Waals surface area contributed by atoms with Gasteiger partial charge in [0.25, 0.3) is 0 Å². The average molecular weight is 361 g/mol. The number of rotatable bonds is 3. The van der Waals surface area contributed by atoms with Gasteiger partial charge in [-0.2, -0.15) is 9.61 Å². The molecule has 0 saturated heterocycles. The van der Waals surface area contributed by atoms with E-state index in [1.165, 1.54) is 11.3 Å². The molecule has 4 nitrogen and oxygen atoms in total. The molecule has 23 heavy (non-hydrogen) atoms. The van der Waals surface area contributed by atoms with Crippen molar-refractivity contribution in [1.82, 2.24) is 19.8 Å². The van der Waals surface area contributed by atoms with Crippen LogP contribution >= 0.6 is 34.5 Å². The first-order valence-electron chi connectivity index (χ1n) is 6.91. The summed E-state index contributed by atoms with van der Waals surface area (Å²) < 4.78 is 1.78. The van der Waals surface area contributed by atoms with Crippen LogP contribution in [0, 0.1) is 0 Å². The molecule has 0 unspecified atom stereocenters. The normalized spacial score (nSPS) is 11.2. The summed E-state index contributed by atoms with van der Waals surface area (Å²) in [6, 6.07) is 15.3. The highest BCUT2D eigenvalue weighted by Gasteiger charge is 2.14. The smallest absolute Gasteiger partial charge is 0.187 e. The summed E-state index contributed by atoms with van der Waals surface area (Å²) in [4.78, 5) is 0.754. The lowest BCUT2D eigenvalue weighted by Gasteiger charge is -1.99. The summed E-state index contributed by atoms with van der Waals surface area (Å²) in [6.07, 6.45) is 0.643. The Balaban J connectivity index is 1.72. The van der Waals surface area contributed by atoms with Gasteiger partial charge >= 0.3 is 0 Å². The molecular weight excluding hydrogens is 351 g/mol. The number of benzene rings is 2. The molecular formula is C16H10Cl2N4S. The van der Waals surface area contributed by atoms with E-state index >= 15 is 0 Å². The second-order valence-corrected chi connectivity index (χ2v) is 6.80. The van der Waals surface area contributed by atoms with Crippen molar-refractivity contribution in [1.29, 1.82) is 0 Å². The van der Waals surface area contributed by atoms with Gasteiger partial charge < -0.3 is 0 Å². The van der Waals surface area contributed by atoms with Gasteiger partial charge in [0.1, 0.15) is 5.01 Å². The van der Waals surface area contributed by atoms with Gasteiger partial charge in [-0.25, -0.2) is 0 Å². The molecule has 0 N–H and O–H groups in total. The molecule has 2 aromatic heterocycles. The summed E-state index contributed by atoms with van der Waals surface area (Å²) >= 11 is 13.6. The third-order valence-electron chi connectivity index (χ3n) is 3.44. The number of halogens is 2. The lowest BCUT2D eigenvalue weighted by Crippen LogP contribution is -1.97. The third kappa shape index (κ3) is 2.83. The Morgan fingerprint density at radius 2 is 1.74 bits per heavy atom. The highest BCUT2D eigenvalue weighted by molar-refractivity contribution is 7.19. The summed E-state index contributed by atoms with van der Waals surface area (Å²) in [5, 5.41) is 15.3. The lowest BCUT2D eigenvalue weighted by molar-refractivity contribution is 0.854. The number of aromatic nitrogens is 4. The maximum atomic E-state index is 6.25. The van der Waals surface area contributed by atoms with Crippen molar-refractivity contribution < 1.29 is 0 Å². The molecule has 114 valence electrons. The van der Waals surface area contributed by atoms with E-state index in [-0.39, 0.29) is 0 Å². The van der Waals surface area contributed by atoms with Crippen molar-refractivity contribution in [3.8, 4) is 10.6 Å². The average Bonchev–Trinajstić information content (AvgIpc) is 3.12. The van der Waals surface area contributed by atoms with Gasteiger partial charge in [-0.15, -0.1) is 10.2 Å². The van der Waals surface area contributed by atoms with Gasteiger partial charge in [-0.3, -0.25) is 0 Å². The van der Waals surface area contributed by atoms with Crippen LogP contribution in [-0.2, 0) is 6.42 Å². The van der Waals surface area contributed by atoms with Crippen LogP contribution < -0.4 is 0 Å². The van der Waals surface area contributed by atoms with E-state index in [1.54, 1.807) is 4.52 Å². The molecule has 0 aliphatic heterocycles. The molecule has 0 bridgehead atoms. The highest BCUT2D eigenvalue weighted by Crippen LogP contribution is 2.31. The first-order valence-corrected chi connectivity index (χ1v) is 8.48. The predicted octanol–water partition coefficient (Wildman–Crippen LogP) is 4.75. The van der Waals surface area contributed by atoms with E-state index in [2.05, 4.69) is 15.3 Å². The molecule has 4 aromatic rings. The zero-order valence-electron chi connectivity index (χ0n) is 11.8. The Hall–Kier alpha value is -1.95. The van der Waals surface area contributed by atoms with Gasteiger partial charge in [-0.1, -0.05) is 64.9 Å². The monoisotopic (exact) mass is 360 g/mol. The van der Waals surface area contributed by atoms with E-state index in [1.807, 2.05) is 48.5 Å². The first-order chi connectivity index (χ1) is 11.2. The molecule has 0 fully saturated rings. The Labute approximate surface area is 146 Å². The van der Waals surface area contributed by atoms with E-state index in [0.717, 1.165) is 31.9 Å². The fourth-order valence-corrected chi connectivity index (χ4v) is 3.60. The summed E-state index contributed by atoms with van der Waals surface area (Å²) in [5.74, 6) is 0.789. The standard InChI is InChI=1S/C16H10Cl2N4S/c17-11-7-5-10(6-8-11)9-14-19-20-16-22(14)21-15(23-16)12-3-1-2-4-13(12)18/h1-8H,9H2. The van der Waals surface area contributed by atoms with Gasteiger partial charge in [0.05, 0.1) is 5.02 Å². The second-order valence-electron chi connectivity index (χ2n) is 5.00. The van der Waals surface area contributed by atoms with Crippen LogP contribution in [0.15, 0.2) is 48.5 Å². The van der Waals surface area contributed by atoms with Gasteiger partial charge in [0.15, 0.2) is 5.82 Å². The zero-order chi connectivity index (χ0) is 15.8. The zero-order valence-corrected chi connectivity index (χ0v) is 14.1. The number of nitrogens with zero attached hydrogens (tertiary/aromatic N) is 4. The Bertz CT molecular complexity index is 975. The minimum Gasteiger partial charge on any atom is -0.187 e. The fraction of sp³-hybridized carbons (Fsp3) is 0.0625. The van der Waals surface area contributed by atoms with Gasteiger partial charge in [-0.05, 0) is 23.8 Å². The molecule has 4 rings (SSSR count). The van der Waals surface area contributed by atoms with Crippen molar-refractivity contribution in [2.24, 2.45) is 0 Å². The molecule has 0 aliphatic rings. The Morgan fingerprint density at radius 3 is 2.52 bits per heavy atom. The molecule has 0 radical (unpaired) electrons. The van der Waals surface area contributed by atoms with Crippen LogP contribution in [0.2, 0.25) is 10.0 Å². The van der Waals surface area contributed by atoms with Crippen molar-refractivity contribution in [2.75, 3.05) is 0 Å². The third-order valence-corrected chi connectivity index (χ3v) is 4.95. The molecule has 2 heterocycles. The molecule has 0 amide bonds. The van der Waals surface area contributed by atoms with Crippen LogP contribution in [0.4, 0.5) is 0 Å². The topological polar surface area (TPSA) is 43.1 Å². The van der Waals surface area contributed by atoms with Gasteiger partial charge in [0, 0.05) is 17.0 Å². The van der Waals surface area contributed by atoms with E-state index in [9.17, 15) is 0 Å². The molecule has 2 aromatic carbocycles. The minimum atomic E-state index is 0.643. The maximum absolute atomic E-state index is 6.25. The second kappa shape index (κ2) is 5.92. The maximum Gasteiger partial charge on any atom is 0.234 e. The van der Waals surface area contributed by atoms with Gasteiger partial charge in [0.2, 0.25) is 4.96 Å². The Kier molecular flexibility index (Phi) is 3.77. The van der Waals surface area contributed by atoms with Crippen molar-refractivity contribution >= 4 is 39.5 Å². The summed E-state index contributed by atoms with van der Waals surface area (Å²) in [6.45, 7) is 0. The fourth-order valence-electron chi connectivity index (χ4n) is 2.30. The molecule has 0 saturated carbocycles. The largest absolute Gasteiger partial charge is 0.234 e. The van der Waals surface area contributed by atoms with E-state index < -0.39 is 0 Å². The van der Waals surface area contributed by atoms with Crippen LogP contribution in [0.1, 0.15) is 11.4 Å². The minimum absolute atomic E-state index is 0.643. The van der Waals surface area contributed by atoms with Crippen molar-refractivity contribution in [3.63, 3.8) is 0 Å². The van der Waals surface area contributed by atoms with Crippen molar-refractivity contribution in [2.45, 2.75) is 6.42 Å². The quantitative estimate of drug-likeness (QED) is 0.529. The van der Waals surface area contributed by atoms with Crippen LogP contribution in [0.5, 0.6) is 0 Å². The molecule has 0 spiro atoms. The first kappa shape index (κ1) is 14.6. The SMILES string of the molecule is Clc1ccc(Cc2nnc3sc(-c4ccccc4Cl)nn23)cc1. The summed E-state index contributed by atoms with van der Waals surface area (Å²) in [7, 11) is 0. The summed E-state index contributed by atoms with van der Waals surface area (Å²) in [5.41, 5.74) is 2.01.